The maximum Gasteiger partial charge on any atom is 0.224 e. The molecule has 1 N–H and O–H groups in total. The number of nitrogens with zero attached hydrogens (tertiary/aromatic N) is 1. The van der Waals surface area contributed by atoms with Crippen LogP contribution in [0.25, 0.3) is 0 Å². The highest BCUT2D eigenvalue weighted by Gasteiger charge is 2.18. The number of hydrogen-bond acceptors (Lipinski definition) is 3. The minimum absolute atomic E-state index is 0.0351. The molecule has 0 heterocycles. The van der Waals surface area contributed by atoms with Gasteiger partial charge in [0.25, 0.3) is 0 Å². The molecule has 0 radical (unpaired) electrons. The quantitative estimate of drug-likeness (QED) is 0.882. The van der Waals surface area contributed by atoms with Gasteiger partial charge in [0.2, 0.25) is 5.91 Å². The number of nitrogens with one attached hydrogen (secondary N) is 1. The van der Waals surface area contributed by atoms with Gasteiger partial charge in [0, 0.05) is 12.1 Å². The average molecular weight is 258 g/mol. The molecular formula is C15H18N2O2. The van der Waals surface area contributed by atoms with E-state index < -0.39 is 0 Å². The van der Waals surface area contributed by atoms with Crippen LogP contribution in [-0.4, -0.2) is 12.5 Å². The molecule has 0 saturated heterocycles. The molecular weight excluding hydrogens is 240 g/mol. The van der Waals surface area contributed by atoms with Crippen molar-refractivity contribution in [1.29, 1.82) is 5.26 Å². The highest BCUT2D eigenvalue weighted by Crippen LogP contribution is 2.27. The molecule has 0 aliphatic heterocycles. The van der Waals surface area contributed by atoms with Crippen molar-refractivity contribution in [2.75, 3.05) is 11.9 Å². The minimum atomic E-state index is 0.0351. The smallest absolute Gasteiger partial charge is 0.224 e. The number of ether oxygens (including phenoxy) is 1. The summed E-state index contributed by atoms with van der Waals surface area (Å²) in [6.07, 6.45) is 5.47. The normalized spacial score (nSPS) is 14.9. The zero-order chi connectivity index (χ0) is 13.5. The first-order valence-corrected chi connectivity index (χ1v) is 6.67. The Labute approximate surface area is 113 Å². The maximum absolute atomic E-state index is 11.8. The van der Waals surface area contributed by atoms with Crippen molar-refractivity contribution in [2.24, 2.45) is 5.92 Å². The first-order valence-electron chi connectivity index (χ1n) is 6.67. The molecule has 100 valence electrons. The summed E-state index contributed by atoms with van der Waals surface area (Å²) >= 11 is 0. The van der Waals surface area contributed by atoms with Crippen LogP contribution in [0.4, 0.5) is 5.69 Å². The fourth-order valence-corrected chi connectivity index (χ4v) is 2.44. The fraction of sp³-hybridized carbons (Fsp3) is 0.467. The third kappa shape index (κ3) is 4.29. The summed E-state index contributed by atoms with van der Waals surface area (Å²) in [5, 5.41) is 11.3. The van der Waals surface area contributed by atoms with Gasteiger partial charge in [-0.2, -0.15) is 5.26 Å². The number of carbonyl (C=O) groups is 1. The van der Waals surface area contributed by atoms with Crippen LogP contribution < -0.4 is 10.1 Å². The SMILES string of the molecule is N#CCOc1ccc(NC(=O)CC2CCCC2)cc1. The van der Waals surface area contributed by atoms with Gasteiger partial charge in [-0.25, -0.2) is 0 Å². The lowest BCUT2D eigenvalue weighted by atomic mass is 10.0. The van der Waals surface area contributed by atoms with Crippen LogP contribution in [0.15, 0.2) is 24.3 Å². The number of rotatable bonds is 5. The van der Waals surface area contributed by atoms with Crippen LogP contribution >= 0.6 is 0 Å². The zero-order valence-corrected chi connectivity index (χ0v) is 10.9. The Morgan fingerprint density at radius 3 is 2.63 bits per heavy atom. The predicted octanol–water partition coefficient (Wildman–Crippen LogP) is 3.11. The molecule has 0 aromatic heterocycles. The Morgan fingerprint density at radius 1 is 1.32 bits per heavy atom. The Morgan fingerprint density at radius 2 is 2.00 bits per heavy atom. The average Bonchev–Trinajstić information content (AvgIpc) is 2.90. The molecule has 1 aromatic rings. The molecule has 1 aromatic carbocycles. The van der Waals surface area contributed by atoms with Crippen LogP contribution in [0.2, 0.25) is 0 Å². The largest absolute Gasteiger partial charge is 0.479 e. The van der Waals surface area contributed by atoms with Crippen molar-refractivity contribution in [2.45, 2.75) is 32.1 Å². The van der Waals surface area contributed by atoms with Crippen molar-refractivity contribution >= 4 is 11.6 Å². The lowest BCUT2D eigenvalue weighted by Gasteiger charge is -2.10. The summed E-state index contributed by atoms with van der Waals surface area (Å²) < 4.78 is 5.15. The van der Waals surface area contributed by atoms with Gasteiger partial charge in [0.15, 0.2) is 6.61 Å². The maximum atomic E-state index is 11.8. The molecule has 1 aliphatic rings. The van der Waals surface area contributed by atoms with E-state index in [2.05, 4.69) is 5.32 Å². The van der Waals surface area contributed by atoms with Crippen LogP contribution in [0.1, 0.15) is 32.1 Å². The van der Waals surface area contributed by atoms with E-state index in [9.17, 15) is 4.79 Å². The van der Waals surface area contributed by atoms with E-state index in [4.69, 9.17) is 10.00 Å². The number of carbonyl (C=O) groups excluding carboxylic acids is 1. The van der Waals surface area contributed by atoms with Crippen LogP contribution in [-0.2, 0) is 4.79 Å². The molecule has 0 spiro atoms. The van der Waals surface area contributed by atoms with E-state index in [0.717, 1.165) is 5.69 Å². The van der Waals surface area contributed by atoms with E-state index in [1.54, 1.807) is 24.3 Å². The second-order valence-electron chi connectivity index (χ2n) is 4.87. The Hall–Kier alpha value is -2.02. The van der Waals surface area contributed by atoms with Gasteiger partial charge in [-0.05, 0) is 43.0 Å². The summed E-state index contributed by atoms with van der Waals surface area (Å²) in [6, 6.07) is 9.00. The van der Waals surface area contributed by atoms with Gasteiger partial charge in [-0.3, -0.25) is 4.79 Å². The summed E-state index contributed by atoms with van der Waals surface area (Å²) in [5.41, 5.74) is 0.771. The Kier molecular flexibility index (Phi) is 4.79. The number of amides is 1. The van der Waals surface area contributed by atoms with Crippen molar-refractivity contribution < 1.29 is 9.53 Å². The molecule has 1 saturated carbocycles. The van der Waals surface area contributed by atoms with Crippen LogP contribution in [0, 0.1) is 17.2 Å². The molecule has 0 bridgehead atoms. The standard InChI is InChI=1S/C15H18N2O2/c16-9-10-19-14-7-5-13(6-8-14)17-15(18)11-12-3-1-2-4-12/h5-8,12H,1-4,10-11H2,(H,17,18). The monoisotopic (exact) mass is 258 g/mol. The molecule has 2 rings (SSSR count). The second kappa shape index (κ2) is 6.79. The molecule has 1 fully saturated rings. The third-order valence-electron chi connectivity index (χ3n) is 3.39. The molecule has 4 heteroatoms. The summed E-state index contributed by atoms with van der Waals surface area (Å²) in [6.45, 7) is 0.0351. The zero-order valence-electron chi connectivity index (χ0n) is 10.9. The van der Waals surface area contributed by atoms with Crippen molar-refractivity contribution in [3.8, 4) is 11.8 Å². The Bertz CT molecular complexity index is 456. The van der Waals surface area contributed by atoms with Gasteiger partial charge in [0.1, 0.15) is 11.8 Å². The summed E-state index contributed by atoms with van der Waals surface area (Å²) in [7, 11) is 0. The number of benzene rings is 1. The highest BCUT2D eigenvalue weighted by molar-refractivity contribution is 5.90. The fourth-order valence-electron chi connectivity index (χ4n) is 2.44. The highest BCUT2D eigenvalue weighted by atomic mass is 16.5. The molecule has 19 heavy (non-hydrogen) atoms. The third-order valence-corrected chi connectivity index (χ3v) is 3.39. The van der Waals surface area contributed by atoms with E-state index in [1.807, 2.05) is 6.07 Å². The van der Waals surface area contributed by atoms with E-state index in [-0.39, 0.29) is 12.5 Å². The summed E-state index contributed by atoms with van der Waals surface area (Å²) in [5.74, 6) is 1.27. The first kappa shape index (κ1) is 13.4. The Balaban J connectivity index is 1.81. The van der Waals surface area contributed by atoms with Crippen molar-refractivity contribution in [3.63, 3.8) is 0 Å². The molecule has 0 unspecified atom stereocenters. The number of anilines is 1. The molecule has 4 nitrogen and oxygen atoms in total. The molecule has 0 atom stereocenters. The van der Waals surface area contributed by atoms with Gasteiger partial charge in [-0.1, -0.05) is 12.8 Å². The van der Waals surface area contributed by atoms with Gasteiger partial charge < -0.3 is 10.1 Å². The molecule has 1 aliphatic carbocycles. The molecule has 1 amide bonds. The lowest BCUT2D eigenvalue weighted by Crippen LogP contribution is -2.15. The number of hydrogen-bond donors (Lipinski definition) is 1. The lowest BCUT2D eigenvalue weighted by molar-refractivity contribution is -0.117. The van der Waals surface area contributed by atoms with E-state index >= 15 is 0 Å². The predicted molar refractivity (Wildman–Crippen MR) is 72.8 cm³/mol. The summed E-state index contributed by atoms with van der Waals surface area (Å²) in [4.78, 5) is 11.8. The van der Waals surface area contributed by atoms with E-state index in [0.29, 0.717) is 18.1 Å². The van der Waals surface area contributed by atoms with Gasteiger partial charge in [0.05, 0.1) is 0 Å². The topological polar surface area (TPSA) is 62.1 Å². The first-order chi connectivity index (χ1) is 9.28. The minimum Gasteiger partial charge on any atom is -0.479 e. The van der Waals surface area contributed by atoms with Crippen LogP contribution in [0.3, 0.4) is 0 Å². The van der Waals surface area contributed by atoms with Crippen molar-refractivity contribution in [3.05, 3.63) is 24.3 Å². The second-order valence-corrected chi connectivity index (χ2v) is 4.87. The van der Waals surface area contributed by atoms with E-state index in [1.165, 1.54) is 25.7 Å². The van der Waals surface area contributed by atoms with Crippen molar-refractivity contribution in [1.82, 2.24) is 0 Å². The number of nitriles is 1. The van der Waals surface area contributed by atoms with Crippen LogP contribution in [0.5, 0.6) is 5.75 Å². The van der Waals surface area contributed by atoms with Gasteiger partial charge >= 0.3 is 0 Å². The van der Waals surface area contributed by atoms with Gasteiger partial charge in [-0.15, -0.1) is 0 Å².